The van der Waals surface area contributed by atoms with Crippen molar-refractivity contribution in [2.75, 3.05) is 46.1 Å². The van der Waals surface area contributed by atoms with E-state index < -0.39 is 0 Å². The van der Waals surface area contributed by atoms with Gasteiger partial charge in [-0.3, -0.25) is 4.79 Å². The maximum absolute atomic E-state index is 12.1. The van der Waals surface area contributed by atoms with Crippen LogP contribution >= 0.6 is 0 Å². The lowest BCUT2D eigenvalue weighted by atomic mass is 10.2. The summed E-state index contributed by atoms with van der Waals surface area (Å²) in [6, 6.07) is 0.365. The van der Waals surface area contributed by atoms with E-state index in [0.717, 1.165) is 6.42 Å². The lowest BCUT2D eigenvalue weighted by molar-refractivity contribution is -0.131. The minimum absolute atomic E-state index is 0.111. The summed E-state index contributed by atoms with van der Waals surface area (Å²) >= 11 is 0. The third-order valence-electron chi connectivity index (χ3n) is 2.99. The first-order chi connectivity index (χ1) is 9.15. The lowest BCUT2D eigenvalue weighted by Gasteiger charge is -2.23. The maximum Gasteiger partial charge on any atom is 0.236 e. The van der Waals surface area contributed by atoms with E-state index in [1.807, 2.05) is 13.8 Å². The van der Waals surface area contributed by atoms with Crippen molar-refractivity contribution in [3.05, 3.63) is 0 Å². The molecule has 0 saturated carbocycles. The molecule has 1 amide bonds. The van der Waals surface area contributed by atoms with Gasteiger partial charge in [-0.25, -0.2) is 0 Å². The van der Waals surface area contributed by atoms with Gasteiger partial charge in [-0.15, -0.1) is 0 Å². The number of carbonyl (C=O) groups is 1. The quantitative estimate of drug-likeness (QED) is 0.545. The van der Waals surface area contributed by atoms with Crippen molar-refractivity contribution in [3.63, 3.8) is 0 Å². The molecule has 0 saturated heterocycles. The third kappa shape index (κ3) is 9.87. The average molecular weight is 274 g/mol. The molecule has 0 aliphatic heterocycles. The second kappa shape index (κ2) is 12.4. The van der Waals surface area contributed by atoms with Gasteiger partial charge < -0.3 is 19.7 Å². The topological polar surface area (TPSA) is 50.8 Å². The highest BCUT2D eigenvalue weighted by Crippen LogP contribution is 1.94. The number of rotatable bonds is 12. The molecule has 0 aromatic rings. The zero-order valence-electron chi connectivity index (χ0n) is 12.9. The number of amides is 1. The molecular formula is C14H30N2O3. The van der Waals surface area contributed by atoms with Crippen LogP contribution in [0, 0.1) is 0 Å². The van der Waals surface area contributed by atoms with Crippen molar-refractivity contribution < 1.29 is 14.3 Å². The SMILES string of the molecule is CCOCCN(CCOCC)C(=O)CNC(C)CC. The molecule has 0 radical (unpaired) electrons. The number of ether oxygens (including phenoxy) is 2. The molecule has 0 aliphatic carbocycles. The van der Waals surface area contributed by atoms with E-state index in [2.05, 4.69) is 19.2 Å². The normalized spacial score (nSPS) is 12.4. The van der Waals surface area contributed by atoms with Crippen LogP contribution in [0.4, 0.5) is 0 Å². The second-order valence-corrected chi connectivity index (χ2v) is 4.46. The molecule has 1 N–H and O–H groups in total. The van der Waals surface area contributed by atoms with Crippen molar-refractivity contribution in [1.82, 2.24) is 10.2 Å². The van der Waals surface area contributed by atoms with Gasteiger partial charge in [0.1, 0.15) is 0 Å². The van der Waals surface area contributed by atoms with Crippen LogP contribution in [0.15, 0.2) is 0 Å². The first-order valence-electron chi connectivity index (χ1n) is 7.32. The van der Waals surface area contributed by atoms with Crippen LogP contribution in [0.5, 0.6) is 0 Å². The molecule has 1 atom stereocenters. The van der Waals surface area contributed by atoms with E-state index in [9.17, 15) is 4.79 Å². The molecule has 19 heavy (non-hydrogen) atoms. The summed E-state index contributed by atoms with van der Waals surface area (Å²) in [5.74, 6) is 0.111. The van der Waals surface area contributed by atoms with Gasteiger partial charge in [-0.2, -0.15) is 0 Å². The fourth-order valence-electron chi connectivity index (χ4n) is 1.52. The molecule has 0 aliphatic rings. The van der Waals surface area contributed by atoms with Gasteiger partial charge in [-0.05, 0) is 27.2 Å². The third-order valence-corrected chi connectivity index (χ3v) is 2.99. The molecule has 5 nitrogen and oxygen atoms in total. The predicted molar refractivity (Wildman–Crippen MR) is 77.3 cm³/mol. The Hall–Kier alpha value is -0.650. The summed E-state index contributed by atoms with van der Waals surface area (Å²) in [5.41, 5.74) is 0. The lowest BCUT2D eigenvalue weighted by Crippen LogP contribution is -2.43. The Kier molecular flexibility index (Phi) is 12.0. The van der Waals surface area contributed by atoms with Crippen LogP contribution in [0.25, 0.3) is 0 Å². The molecule has 1 unspecified atom stereocenters. The van der Waals surface area contributed by atoms with E-state index in [1.54, 1.807) is 4.90 Å². The van der Waals surface area contributed by atoms with Gasteiger partial charge in [-0.1, -0.05) is 6.92 Å². The Morgan fingerprint density at radius 1 is 1.11 bits per heavy atom. The van der Waals surface area contributed by atoms with Crippen molar-refractivity contribution in [2.45, 2.75) is 40.2 Å². The number of nitrogens with one attached hydrogen (secondary N) is 1. The molecule has 0 spiro atoms. The minimum atomic E-state index is 0.111. The van der Waals surface area contributed by atoms with E-state index in [0.29, 0.717) is 52.1 Å². The van der Waals surface area contributed by atoms with Crippen molar-refractivity contribution in [1.29, 1.82) is 0 Å². The summed E-state index contributed by atoms with van der Waals surface area (Å²) < 4.78 is 10.6. The molecule has 0 aromatic heterocycles. The summed E-state index contributed by atoms with van der Waals surface area (Å²) in [6.45, 7) is 12.2. The smallest absolute Gasteiger partial charge is 0.236 e. The van der Waals surface area contributed by atoms with Crippen LogP contribution in [0.3, 0.4) is 0 Å². The monoisotopic (exact) mass is 274 g/mol. The molecular weight excluding hydrogens is 244 g/mol. The second-order valence-electron chi connectivity index (χ2n) is 4.46. The highest BCUT2D eigenvalue weighted by Gasteiger charge is 2.13. The first-order valence-corrected chi connectivity index (χ1v) is 7.32. The van der Waals surface area contributed by atoms with E-state index in [-0.39, 0.29) is 5.91 Å². The van der Waals surface area contributed by atoms with Crippen LogP contribution in [-0.2, 0) is 14.3 Å². The Labute approximate surface area is 117 Å². The van der Waals surface area contributed by atoms with Crippen molar-refractivity contribution in [2.24, 2.45) is 0 Å². The molecule has 0 bridgehead atoms. The summed E-state index contributed by atoms with van der Waals surface area (Å²) in [7, 11) is 0. The zero-order chi connectivity index (χ0) is 14.5. The van der Waals surface area contributed by atoms with Crippen LogP contribution in [-0.4, -0.2) is 62.9 Å². The largest absolute Gasteiger partial charge is 0.380 e. The highest BCUT2D eigenvalue weighted by molar-refractivity contribution is 5.78. The van der Waals surface area contributed by atoms with Crippen molar-refractivity contribution >= 4 is 5.91 Å². The fraction of sp³-hybridized carbons (Fsp3) is 0.929. The number of carbonyl (C=O) groups excluding carboxylic acids is 1. The Balaban J connectivity index is 4.08. The summed E-state index contributed by atoms with van der Waals surface area (Å²) in [4.78, 5) is 13.9. The predicted octanol–water partition coefficient (Wildman–Crippen LogP) is 1.28. The van der Waals surface area contributed by atoms with Crippen molar-refractivity contribution in [3.8, 4) is 0 Å². The van der Waals surface area contributed by atoms with Gasteiger partial charge in [0.15, 0.2) is 0 Å². The van der Waals surface area contributed by atoms with E-state index in [1.165, 1.54) is 0 Å². The molecule has 0 fully saturated rings. The number of hydrogen-bond donors (Lipinski definition) is 1. The Morgan fingerprint density at radius 3 is 2.05 bits per heavy atom. The molecule has 0 heterocycles. The Morgan fingerprint density at radius 2 is 1.63 bits per heavy atom. The van der Waals surface area contributed by atoms with Gasteiger partial charge in [0.2, 0.25) is 5.91 Å². The average Bonchev–Trinajstić information content (AvgIpc) is 2.43. The van der Waals surface area contributed by atoms with Crippen LogP contribution in [0.1, 0.15) is 34.1 Å². The van der Waals surface area contributed by atoms with Gasteiger partial charge in [0.05, 0.1) is 19.8 Å². The van der Waals surface area contributed by atoms with Crippen LogP contribution in [0.2, 0.25) is 0 Å². The van der Waals surface area contributed by atoms with E-state index >= 15 is 0 Å². The standard InChI is InChI=1S/C14H30N2O3/c1-5-13(4)15-12-14(17)16(8-10-18-6-2)9-11-19-7-3/h13,15H,5-12H2,1-4H3. The summed E-state index contributed by atoms with van der Waals surface area (Å²) in [6.07, 6.45) is 1.02. The van der Waals surface area contributed by atoms with E-state index in [4.69, 9.17) is 9.47 Å². The van der Waals surface area contributed by atoms with Gasteiger partial charge in [0.25, 0.3) is 0 Å². The number of nitrogens with zero attached hydrogens (tertiary/aromatic N) is 1. The van der Waals surface area contributed by atoms with Gasteiger partial charge in [0, 0.05) is 32.3 Å². The molecule has 0 rings (SSSR count). The Bertz CT molecular complexity index is 215. The fourth-order valence-corrected chi connectivity index (χ4v) is 1.52. The first kappa shape index (κ1) is 18.4. The number of hydrogen-bond acceptors (Lipinski definition) is 4. The molecule has 0 aromatic carbocycles. The zero-order valence-corrected chi connectivity index (χ0v) is 12.9. The highest BCUT2D eigenvalue weighted by atomic mass is 16.5. The minimum Gasteiger partial charge on any atom is -0.380 e. The van der Waals surface area contributed by atoms with Gasteiger partial charge >= 0.3 is 0 Å². The maximum atomic E-state index is 12.1. The summed E-state index contributed by atoms with van der Waals surface area (Å²) in [5, 5.41) is 3.22. The van der Waals surface area contributed by atoms with Crippen LogP contribution < -0.4 is 5.32 Å². The molecule has 5 heteroatoms. The molecule has 114 valence electrons.